The molecule has 1 aliphatic rings. The summed E-state index contributed by atoms with van der Waals surface area (Å²) in [7, 11) is 1.55. The van der Waals surface area contributed by atoms with Gasteiger partial charge in [0.05, 0.1) is 24.8 Å². The number of ether oxygens (including phenoxy) is 2. The maximum absolute atomic E-state index is 13.1. The van der Waals surface area contributed by atoms with E-state index in [0.717, 1.165) is 0 Å². The van der Waals surface area contributed by atoms with Crippen LogP contribution in [0.5, 0.6) is 11.5 Å². The topological polar surface area (TPSA) is 89.0 Å². The molecule has 4 rings (SSSR count). The molecule has 1 amide bonds. The summed E-state index contributed by atoms with van der Waals surface area (Å²) in [6, 6.07) is 16.2. The summed E-state index contributed by atoms with van der Waals surface area (Å²) >= 11 is 0. The van der Waals surface area contributed by atoms with E-state index in [1.807, 2.05) is 13.8 Å². The zero-order valence-corrected chi connectivity index (χ0v) is 18.6. The molecule has 2 aromatic carbocycles. The van der Waals surface area contributed by atoms with Crippen molar-refractivity contribution in [3.63, 3.8) is 0 Å². The number of hydrogen-bond acceptors (Lipinski definition) is 6. The van der Waals surface area contributed by atoms with Crippen LogP contribution >= 0.6 is 0 Å². The van der Waals surface area contributed by atoms with Gasteiger partial charge in [-0.15, -0.1) is 0 Å². The van der Waals surface area contributed by atoms with E-state index in [9.17, 15) is 14.7 Å². The van der Waals surface area contributed by atoms with Gasteiger partial charge in [0.2, 0.25) is 0 Å². The Morgan fingerprint density at radius 2 is 1.67 bits per heavy atom. The van der Waals surface area contributed by atoms with Gasteiger partial charge in [-0.2, -0.15) is 0 Å². The van der Waals surface area contributed by atoms with Crippen LogP contribution in [0, 0.1) is 0 Å². The number of aliphatic hydroxyl groups is 1. The molecule has 2 heterocycles. The fourth-order valence-corrected chi connectivity index (χ4v) is 3.81. The Bertz CT molecular complexity index is 1190. The Kier molecular flexibility index (Phi) is 6.13. The number of hydrogen-bond donors (Lipinski definition) is 1. The van der Waals surface area contributed by atoms with Gasteiger partial charge in [0.25, 0.3) is 11.7 Å². The Morgan fingerprint density at radius 1 is 1.00 bits per heavy atom. The maximum Gasteiger partial charge on any atom is 0.300 e. The van der Waals surface area contributed by atoms with E-state index in [2.05, 4.69) is 4.98 Å². The quantitative estimate of drug-likeness (QED) is 0.342. The van der Waals surface area contributed by atoms with Crippen LogP contribution in [0.15, 0.2) is 78.6 Å². The zero-order valence-electron chi connectivity index (χ0n) is 18.6. The summed E-state index contributed by atoms with van der Waals surface area (Å²) in [4.78, 5) is 31.8. The molecule has 7 nitrogen and oxygen atoms in total. The number of aliphatic hydroxyl groups excluding tert-OH is 1. The molecule has 1 N–H and O–H groups in total. The average molecular weight is 444 g/mol. The van der Waals surface area contributed by atoms with E-state index >= 15 is 0 Å². The second-order valence-corrected chi connectivity index (χ2v) is 7.84. The Hall–Kier alpha value is -4.13. The molecular weight excluding hydrogens is 420 g/mol. The fourth-order valence-electron chi connectivity index (χ4n) is 3.81. The number of amides is 1. The molecule has 0 spiro atoms. The van der Waals surface area contributed by atoms with E-state index in [0.29, 0.717) is 28.3 Å². The van der Waals surface area contributed by atoms with E-state index in [4.69, 9.17) is 9.47 Å². The highest BCUT2D eigenvalue weighted by molar-refractivity contribution is 6.51. The number of rotatable bonds is 6. The minimum absolute atomic E-state index is 0.00125. The highest BCUT2D eigenvalue weighted by Crippen LogP contribution is 2.42. The lowest BCUT2D eigenvalue weighted by Gasteiger charge is -2.25. The van der Waals surface area contributed by atoms with Crippen LogP contribution < -0.4 is 14.4 Å². The van der Waals surface area contributed by atoms with Gasteiger partial charge in [-0.1, -0.05) is 6.07 Å². The first-order chi connectivity index (χ1) is 15.9. The van der Waals surface area contributed by atoms with Gasteiger partial charge < -0.3 is 14.6 Å². The molecule has 1 unspecified atom stereocenters. The maximum atomic E-state index is 13.1. The third-order valence-corrected chi connectivity index (χ3v) is 5.29. The lowest BCUT2D eigenvalue weighted by molar-refractivity contribution is -0.132. The zero-order chi connectivity index (χ0) is 23.5. The Morgan fingerprint density at radius 3 is 2.24 bits per heavy atom. The largest absolute Gasteiger partial charge is 0.507 e. The summed E-state index contributed by atoms with van der Waals surface area (Å²) in [5.74, 6) is -0.481. The van der Waals surface area contributed by atoms with Crippen LogP contribution in [0.4, 0.5) is 5.69 Å². The molecule has 1 aromatic heterocycles. The molecule has 0 bridgehead atoms. The van der Waals surface area contributed by atoms with Crippen LogP contribution in [0.25, 0.3) is 5.76 Å². The smallest absolute Gasteiger partial charge is 0.300 e. The van der Waals surface area contributed by atoms with Gasteiger partial charge in [-0.3, -0.25) is 19.5 Å². The lowest BCUT2D eigenvalue weighted by Crippen LogP contribution is -2.29. The predicted molar refractivity (Wildman–Crippen MR) is 124 cm³/mol. The van der Waals surface area contributed by atoms with Gasteiger partial charge in [0.15, 0.2) is 0 Å². The van der Waals surface area contributed by atoms with Crippen molar-refractivity contribution in [1.82, 2.24) is 4.98 Å². The molecule has 0 radical (unpaired) electrons. The number of Topliss-reactive ketones (excluding diaryl/α,β-unsaturated/α-hetero) is 1. The first-order valence-electron chi connectivity index (χ1n) is 10.5. The molecule has 0 aliphatic carbocycles. The highest BCUT2D eigenvalue weighted by atomic mass is 16.5. The monoisotopic (exact) mass is 444 g/mol. The van der Waals surface area contributed by atoms with Crippen molar-refractivity contribution >= 4 is 23.1 Å². The number of benzene rings is 2. The Labute approximate surface area is 191 Å². The lowest BCUT2D eigenvalue weighted by atomic mass is 9.96. The van der Waals surface area contributed by atoms with Crippen molar-refractivity contribution in [3.05, 3.63) is 89.8 Å². The second kappa shape index (κ2) is 9.16. The minimum atomic E-state index is -0.835. The number of ketones is 1. The van der Waals surface area contributed by atoms with Crippen LogP contribution in [0.1, 0.15) is 31.0 Å². The fraction of sp³-hybridized carbons (Fsp3) is 0.192. The number of anilines is 1. The van der Waals surface area contributed by atoms with Crippen LogP contribution in [0.2, 0.25) is 0 Å². The standard InChI is InChI=1S/C26H24N2O5/c1-16(2)33-21-10-6-17(7-11-21)24(29)22-23(18-5-4-14-27-15-18)28(26(31)25(22)30)19-8-12-20(32-3)13-9-19/h4-16,23,29H,1-3H3/b24-22-. The third-order valence-electron chi connectivity index (χ3n) is 5.29. The van der Waals surface area contributed by atoms with E-state index in [1.54, 1.807) is 80.2 Å². The molecule has 7 heteroatoms. The molecule has 1 aliphatic heterocycles. The van der Waals surface area contributed by atoms with Gasteiger partial charge in [-0.25, -0.2) is 0 Å². The van der Waals surface area contributed by atoms with Crippen LogP contribution in [0.3, 0.4) is 0 Å². The second-order valence-electron chi connectivity index (χ2n) is 7.84. The number of methoxy groups -OCH3 is 1. The number of carbonyl (C=O) groups is 2. The molecule has 0 saturated carbocycles. The van der Waals surface area contributed by atoms with Crippen molar-refractivity contribution in [2.75, 3.05) is 12.0 Å². The van der Waals surface area contributed by atoms with Crippen LogP contribution in [-0.4, -0.2) is 35.0 Å². The molecule has 168 valence electrons. The van der Waals surface area contributed by atoms with E-state index in [-0.39, 0.29) is 17.4 Å². The normalized spacial score (nSPS) is 17.5. The summed E-state index contributed by atoms with van der Waals surface area (Å²) in [5, 5.41) is 11.2. The van der Waals surface area contributed by atoms with Crippen LogP contribution in [-0.2, 0) is 9.59 Å². The Balaban J connectivity index is 1.83. The highest BCUT2D eigenvalue weighted by Gasteiger charge is 2.47. The van der Waals surface area contributed by atoms with Gasteiger partial charge in [0.1, 0.15) is 17.3 Å². The van der Waals surface area contributed by atoms with E-state index in [1.165, 1.54) is 4.90 Å². The van der Waals surface area contributed by atoms with Crippen molar-refractivity contribution in [2.24, 2.45) is 0 Å². The third kappa shape index (κ3) is 4.30. The van der Waals surface area contributed by atoms with Crippen molar-refractivity contribution < 1.29 is 24.2 Å². The SMILES string of the molecule is COc1ccc(N2C(=O)C(=O)/C(=C(\O)c3ccc(OC(C)C)cc3)C2c2cccnc2)cc1. The first kappa shape index (κ1) is 22.1. The van der Waals surface area contributed by atoms with Crippen molar-refractivity contribution in [3.8, 4) is 11.5 Å². The molecule has 3 aromatic rings. The number of pyridine rings is 1. The molecule has 1 fully saturated rings. The molecular formula is C26H24N2O5. The summed E-state index contributed by atoms with van der Waals surface area (Å²) in [6.07, 6.45) is 3.20. The number of nitrogens with zero attached hydrogens (tertiary/aromatic N) is 2. The first-order valence-corrected chi connectivity index (χ1v) is 10.5. The number of carbonyl (C=O) groups excluding carboxylic acids is 2. The molecule has 33 heavy (non-hydrogen) atoms. The average Bonchev–Trinajstić information content (AvgIpc) is 3.10. The van der Waals surface area contributed by atoms with Crippen molar-refractivity contribution in [2.45, 2.75) is 26.0 Å². The summed E-state index contributed by atoms with van der Waals surface area (Å²) in [6.45, 7) is 3.84. The van der Waals surface area contributed by atoms with Gasteiger partial charge in [-0.05, 0) is 74.0 Å². The summed E-state index contributed by atoms with van der Waals surface area (Å²) < 4.78 is 10.9. The van der Waals surface area contributed by atoms with E-state index < -0.39 is 17.7 Å². The number of aromatic nitrogens is 1. The van der Waals surface area contributed by atoms with Gasteiger partial charge in [0, 0.05) is 23.6 Å². The minimum Gasteiger partial charge on any atom is -0.507 e. The molecule has 1 atom stereocenters. The molecule has 1 saturated heterocycles. The van der Waals surface area contributed by atoms with Gasteiger partial charge >= 0.3 is 0 Å². The van der Waals surface area contributed by atoms with Crippen molar-refractivity contribution in [1.29, 1.82) is 0 Å². The predicted octanol–water partition coefficient (Wildman–Crippen LogP) is 4.50. The summed E-state index contributed by atoms with van der Waals surface area (Å²) in [5.41, 5.74) is 1.52.